The van der Waals surface area contributed by atoms with E-state index in [9.17, 15) is 0 Å². The van der Waals surface area contributed by atoms with Gasteiger partial charge in [-0.05, 0) is 6.42 Å². The van der Waals surface area contributed by atoms with Crippen LogP contribution in [0.4, 0.5) is 0 Å². The Labute approximate surface area is 64.5 Å². The van der Waals surface area contributed by atoms with Gasteiger partial charge in [0.25, 0.3) is 0 Å². The van der Waals surface area contributed by atoms with Gasteiger partial charge in [0.15, 0.2) is 0 Å². The first kappa shape index (κ1) is 10.8. The van der Waals surface area contributed by atoms with Gasteiger partial charge in [-0.1, -0.05) is 13.8 Å². The number of aliphatic hydroxyl groups is 5. The fraction of sp³-hybridized carbons (Fsp3) is 1.00. The Morgan fingerprint density at radius 1 is 1.09 bits per heavy atom. The molecule has 0 aromatic carbocycles. The van der Waals surface area contributed by atoms with Crippen molar-refractivity contribution < 1.29 is 25.5 Å². The predicted octanol–water partition coefficient (Wildman–Crippen LogP) is -1.66. The van der Waals surface area contributed by atoms with Crippen molar-refractivity contribution in [1.29, 1.82) is 0 Å². The lowest BCUT2D eigenvalue weighted by molar-refractivity contribution is -0.458. The molecule has 0 aromatic heterocycles. The molecule has 68 valence electrons. The van der Waals surface area contributed by atoms with E-state index >= 15 is 0 Å². The lowest BCUT2D eigenvalue weighted by Gasteiger charge is -2.34. The van der Waals surface area contributed by atoms with Gasteiger partial charge in [-0.3, -0.25) is 0 Å². The quantitative estimate of drug-likeness (QED) is 0.323. The summed E-state index contributed by atoms with van der Waals surface area (Å²) < 4.78 is 0. The summed E-state index contributed by atoms with van der Waals surface area (Å²) in [6.07, 6.45) is 0.302. The summed E-state index contributed by atoms with van der Waals surface area (Å²) in [5.41, 5.74) is 0. The molecule has 5 N–H and O–H groups in total. The van der Waals surface area contributed by atoms with E-state index in [1.165, 1.54) is 6.92 Å². The highest BCUT2D eigenvalue weighted by Gasteiger charge is 2.49. The highest BCUT2D eigenvalue weighted by molar-refractivity contribution is 4.77. The summed E-state index contributed by atoms with van der Waals surface area (Å²) in [6.45, 7) is 3.00. The molecule has 0 aliphatic rings. The van der Waals surface area contributed by atoms with E-state index < -0.39 is 17.7 Å². The maximum absolute atomic E-state index is 8.93. The third-order valence-electron chi connectivity index (χ3n) is 1.79. The van der Waals surface area contributed by atoms with Gasteiger partial charge in [-0.25, -0.2) is 0 Å². The first-order valence-corrected chi connectivity index (χ1v) is 3.35. The van der Waals surface area contributed by atoms with Gasteiger partial charge < -0.3 is 25.5 Å². The van der Waals surface area contributed by atoms with E-state index in [0.29, 0.717) is 6.42 Å². The minimum atomic E-state index is -3.47. The third-order valence-corrected chi connectivity index (χ3v) is 1.79. The highest BCUT2D eigenvalue weighted by Crippen LogP contribution is 2.25. The highest BCUT2D eigenvalue weighted by atomic mass is 16.7. The first-order valence-electron chi connectivity index (χ1n) is 3.35. The van der Waals surface area contributed by atoms with Crippen molar-refractivity contribution in [3.63, 3.8) is 0 Å². The van der Waals surface area contributed by atoms with Crippen molar-refractivity contribution in [1.82, 2.24) is 0 Å². The number of rotatable bonds is 3. The van der Waals surface area contributed by atoms with Crippen LogP contribution in [0.5, 0.6) is 0 Å². The van der Waals surface area contributed by atoms with Crippen LogP contribution in [0.2, 0.25) is 0 Å². The van der Waals surface area contributed by atoms with Crippen LogP contribution in [0.1, 0.15) is 20.3 Å². The van der Waals surface area contributed by atoms with Gasteiger partial charge in [0.05, 0.1) is 0 Å². The van der Waals surface area contributed by atoms with E-state index in [1.807, 2.05) is 0 Å². The average Bonchev–Trinajstić information content (AvgIpc) is 1.83. The summed E-state index contributed by atoms with van der Waals surface area (Å²) in [7, 11) is 0. The largest absolute Gasteiger partial charge is 0.359 e. The van der Waals surface area contributed by atoms with E-state index in [2.05, 4.69) is 0 Å². The van der Waals surface area contributed by atoms with Crippen LogP contribution in [-0.4, -0.2) is 37.3 Å². The summed E-state index contributed by atoms with van der Waals surface area (Å²) >= 11 is 0. The second-order valence-electron chi connectivity index (χ2n) is 2.67. The minimum absolute atomic E-state index is 0.302. The van der Waals surface area contributed by atoms with Crippen LogP contribution in [0.3, 0.4) is 0 Å². The minimum Gasteiger partial charge on any atom is -0.359 e. The Kier molecular flexibility index (Phi) is 2.98. The Hall–Kier alpha value is -0.200. The molecule has 1 unspecified atom stereocenters. The fourth-order valence-electron chi connectivity index (χ4n) is 0.615. The summed E-state index contributed by atoms with van der Waals surface area (Å²) in [5, 5.41) is 43.2. The lowest BCUT2D eigenvalue weighted by Crippen LogP contribution is -2.58. The molecular formula is C6H14O5. The molecule has 0 rings (SSSR count). The molecule has 0 aromatic rings. The summed E-state index contributed by atoms with van der Waals surface area (Å²) in [5.74, 6) is -7.19. The Balaban J connectivity index is 4.45. The SMILES string of the molecule is CCC(C)C(O)(O)C(O)(O)O. The van der Waals surface area contributed by atoms with Crippen molar-refractivity contribution in [3.8, 4) is 0 Å². The van der Waals surface area contributed by atoms with Gasteiger partial charge in [-0.2, -0.15) is 0 Å². The van der Waals surface area contributed by atoms with Crippen molar-refractivity contribution in [2.75, 3.05) is 0 Å². The molecule has 5 heteroatoms. The van der Waals surface area contributed by atoms with Crippen LogP contribution in [0.25, 0.3) is 0 Å². The van der Waals surface area contributed by atoms with Crippen LogP contribution < -0.4 is 0 Å². The van der Waals surface area contributed by atoms with Crippen molar-refractivity contribution in [2.45, 2.75) is 32.0 Å². The van der Waals surface area contributed by atoms with Crippen molar-refractivity contribution in [2.24, 2.45) is 5.92 Å². The average molecular weight is 166 g/mol. The zero-order valence-corrected chi connectivity index (χ0v) is 6.52. The summed E-state index contributed by atoms with van der Waals surface area (Å²) in [6, 6.07) is 0. The molecule has 0 bridgehead atoms. The zero-order valence-electron chi connectivity index (χ0n) is 6.52. The van der Waals surface area contributed by atoms with E-state index in [0.717, 1.165) is 0 Å². The number of hydrogen-bond donors (Lipinski definition) is 5. The second-order valence-corrected chi connectivity index (χ2v) is 2.67. The molecule has 0 spiro atoms. The molecule has 5 nitrogen and oxygen atoms in total. The Bertz CT molecular complexity index is 125. The molecule has 1 atom stereocenters. The second kappa shape index (κ2) is 3.04. The molecule has 0 aliphatic heterocycles. The standard InChI is InChI=1S/C6H14O5/c1-3-4(2)5(7,8)6(9,10)11/h4,7-11H,3H2,1-2H3. The molecule has 0 amide bonds. The monoisotopic (exact) mass is 166 g/mol. The number of hydrogen-bond acceptors (Lipinski definition) is 5. The first-order chi connectivity index (χ1) is 4.73. The Morgan fingerprint density at radius 3 is 1.55 bits per heavy atom. The Morgan fingerprint density at radius 2 is 1.45 bits per heavy atom. The molecular weight excluding hydrogens is 152 g/mol. The lowest BCUT2D eigenvalue weighted by atomic mass is 9.96. The summed E-state index contributed by atoms with van der Waals surface area (Å²) in [4.78, 5) is 0. The zero-order chi connectivity index (χ0) is 9.28. The van der Waals surface area contributed by atoms with Gasteiger partial charge in [0.1, 0.15) is 0 Å². The smallest absolute Gasteiger partial charge is 0.332 e. The van der Waals surface area contributed by atoms with Crippen LogP contribution >= 0.6 is 0 Å². The van der Waals surface area contributed by atoms with Gasteiger partial charge in [0.2, 0.25) is 5.79 Å². The van der Waals surface area contributed by atoms with Crippen LogP contribution in [-0.2, 0) is 0 Å². The van der Waals surface area contributed by atoms with Crippen LogP contribution in [0, 0.1) is 5.92 Å². The molecule has 0 heterocycles. The molecule has 0 aliphatic carbocycles. The molecule has 0 fully saturated rings. The molecule has 0 radical (unpaired) electrons. The predicted molar refractivity (Wildman–Crippen MR) is 36.0 cm³/mol. The maximum Gasteiger partial charge on any atom is 0.332 e. The van der Waals surface area contributed by atoms with Gasteiger partial charge in [-0.15, -0.1) is 0 Å². The molecule has 11 heavy (non-hydrogen) atoms. The van der Waals surface area contributed by atoms with Gasteiger partial charge in [0, 0.05) is 5.92 Å². The van der Waals surface area contributed by atoms with Crippen molar-refractivity contribution >= 4 is 0 Å². The normalized spacial score (nSPS) is 16.6. The fourth-order valence-corrected chi connectivity index (χ4v) is 0.615. The van der Waals surface area contributed by atoms with E-state index in [4.69, 9.17) is 25.5 Å². The van der Waals surface area contributed by atoms with Gasteiger partial charge >= 0.3 is 5.97 Å². The van der Waals surface area contributed by atoms with Crippen LogP contribution in [0.15, 0.2) is 0 Å². The molecule has 0 saturated carbocycles. The van der Waals surface area contributed by atoms with E-state index in [-0.39, 0.29) is 0 Å². The van der Waals surface area contributed by atoms with E-state index in [1.54, 1.807) is 6.92 Å². The maximum atomic E-state index is 8.93. The molecule has 0 saturated heterocycles. The van der Waals surface area contributed by atoms with Crippen molar-refractivity contribution in [3.05, 3.63) is 0 Å². The third kappa shape index (κ3) is 2.11. The topological polar surface area (TPSA) is 101 Å².